The maximum Gasteiger partial charge on any atom is 0.0900 e. The number of aromatic nitrogens is 1. The summed E-state index contributed by atoms with van der Waals surface area (Å²) in [6, 6.07) is 1.11. The molecule has 0 saturated carbocycles. The quantitative estimate of drug-likeness (QED) is 0.898. The van der Waals surface area contributed by atoms with Gasteiger partial charge in [-0.1, -0.05) is 6.92 Å². The molecule has 1 aromatic heterocycles. The van der Waals surface area contributed by atoms with E-state index in [0.29, 0.717) is 12.1 Å². The molecular weight excluding hydrogens is 236 g/mol. The standard InChI is InChI=1S/C12H20N2S2/c1-7-12(16-10(4)13-7)8(2)14-11-5-6-15-9(11)3/h8-9,11,14H,5-6H2,1-4H3. The van der Waals surface area contributed by atoms with Crippen LogP contribution < -0.4 is 5.32 Å². The highest BCUT2D eigenvalue weighted by molar-refractivity contribution is 8.00. The lowest BCUT2D eigenvalue weighted by atomic mass is 10.1. The maximum absolute atomic E-state index is 4.50. The van der Waals surface area contributed by atoms with Gasteiger partial charge in [-0.05, 0) is 32.9 Å². The highest BCUT2D eigenvalue weighted by atomic mass is 32.2. The molecule has 1 aliphatic heterocycles. The Kier molecular flexibility index (Phi) is 3.93. The average Bonchev–Trinajstić information content (AvgIpc) is 2.74. The molecule has 1 N–H and O–H groups in total. The van der Waals surface area contributed by atoms with Crippen molar-refractivity contribution in [2.45, 2.75) is 51.4 Å². The number of aryl methyl sites for hydroxylation is 2. The van der Waals surface area contributed by atoms with E-state index in [1.54, 1.807) is 0 Å². The fraction of sp³-hybridized carbons (Fsp3) is 0.750. The van der Waals surface area contributed by atoms with Gasteiger partial charge in [-0.2, -0.15) is 11.8 Å². The van der Waals surface area contributed by atoms with Crippen LogP contribution in [0.25, 0.3) is 0 Å². The number of nitrogens with zero attached hydrogens (tertiary/aromatic N) is 1. The van der Waals surface area contributed by atoms with Crippen LogP contribution in [0.15, 0.2) is 0 Å². The molecule has 3 atom stereocenters. The monoisotopic (exact) mass is 256 g/mol. The fourth-order valence-corrected chi connectivity index (χ4v) is 4.44. The van der Waals surface area contributed by atoms with Crippen molar-refractivity contribution >= 4 is 23.1 Å². The summed E-state index contributed by atoms with van der Waals surface area (Å²) in [5, 5.41) is 5.67. The smallest absolute Gasteiger partial charge is 0.0900 e. The SMILES string of the molecule is Cc1nc(C)c(C(C)NC2CCSC2C)s1. The Morgan fingerprint density at radius 1 is 1.44 bits per heavy atom. The van der Waals surface area contributed by atoms with Crippen molar-refractivity contribution in [3.8, 4) is 0 Å². The third-order valence-electron chi connectivity index (χ3n) is 3.17. The molecule has 1 saturated heterocycles. The first-order valence-electron chi connectivity index (χ1n) is 5.89. The molecule has 0 aromatic carbocycles. The van der Waals surface area contributed by atoms with Crippen molar-refractivity contribution in [1.82, 2.24) is 10.3 Å². The van der Waals surface area contributed by atoms with E-state index in [1.165, 1.54) is 27.8 Å². The van der Waals surface area contributed by atoms with Crippen LogP contribution in [-0.2, 0) is 0 Å². The van der Waals surface area contributed by atoms with Gasteiger partial charge in [0.1, 0.15) is 0 Å². The molecule has 4 heteroatoms. The third kappa shape index (κ3) is 2.60. The van der Waals surface area contributed by atoms with E-state index in [0.717, 1.165) is 5.25 Å². The van der Waals surface area contributed by atoms with Gasteiger partial charge in [-0.25, -0.2) is 4.98 Å². The summed E-state index contributed by atoms with van der Waals surface area (Å²) in [5.74, 6) is 1.30. The summed E-state index contributed by atoms with van der Waals surface area (Å²) >= 11 is 3.90. The summed E-state index contributed by atoms with van der Waals surface area (Å²) in [4.78, 5) is 5.90. The van der Waals surface area contributed by atoms with Crippen molar-refractivity contribution in [3.05, 3.63) is 15.6 Å². The molecule has 0 bridgehead atoms. The second kappa shape index (κ2) is 5.07. The van der Waals surface area contributed by atoms with Crippen molar-refractivity contribution in [1.29, 1.82) is 0 Å². The molecule has 16 heavy (non-hydrogen) atoms. The predicted octanol–water partition coefficient (Wildman–Crippen LogP) is 3.30. The number of nitrogens with one attached hydrogen (secondary N) is 1. The summed E-state index contributed by atoms with van der Waals surface area (Å²) in [6.45, 7) is 8.79. The lowest BCUT2D eigenvalue weighted by molar-refractivity contribution is 0.456. The molecule has 0 spiro atoms. The third-order valence-corrected chi connectivity index (χ3v) is 5.75. The Hall–Kier alpha value is -0.0600. The summed E-state index contributed by atoms with van der Waals surface area (Å²) < 4.78 is 0. The van der Waals surface area contributed by atoms with E-state index < -0.39 is 0 Å². The molecule has 1 aliphatic rings. The molecule has 3 unspecified atom stereocenters. The van der Waals surface area contributed by atoms with Crippen LogP contribution in [0.5, 0.6) is 0 Å². The zero-order valence-corrected chi connectivity index (χ0v) is 12.0. The normalized spacial score (nSPS) is 27.2. The first-order chi connectivity index (χ1) is 7.58. The molecule has 0 radical (unpaired) electrons. The molecular formula is C12H20N2S2. The highest BCUT2D eigenvalue weighted by Gasteiger charge is 2.26. The van der Waals surface area contributed by atoms with Gasteiger partial charge < -0.3 is 5.32 Å². The van der Waals surface area contributed by atoms with Gasteiger partial charge in [0.2, 0.25) is 0 Å². The van der Waals surface area contributed by atoms with E-state index in [2.05, 4.69) is 49.8 Å². The van der Waals surface area contributed by atoms with E-state index in [1.807, 2.05) is 11.3 Å². The zero-order chi connectivity index (χ0) is 11.7. The Balaban J connectivity index is 2.02. The van der Waals surface area contributed by atoms with E-state index >= 15 is 0 Å². The van der Waals surface area contributed by atoms with Crippen LogP contribution in [0, 0.1) is 13.8 Å². The summed E-state index contributed by atoms with van der Waals surface area (Å²) in [6.07, 6.45) is 1.30. The van der Waals surface area contributed by atoms with Crippen molar-refractivity contribution in [2.24, 2.45) is 0 Å². The minimum atomic E-state index is 0.442. The average molecular weight is 256 g/mol. The predicted molar refractivity (Wildman–Crippen MR) is 73.5 cm³/mol. The highest BCUT2D eigenvalue weighted by Crippen LogP contribution is 2.30. The molecule has 0 amide bonds. The van der Waals surface area contributed by atoms with Crippen molar-refractivity contribution in [3.63, 3.8) is 0 Å². The van der Waals surface area contributed by atoms with Gasteiger partial charge in [-0.3, -0.25) is 0 Å². The van der Waals surface area contributed by atoms with Gasteiger partial charge in [-0.15, -0.1) is 11.3 Å². The Bertz CT molecular complexity index is 362. The maximum atomic E-state index is 4.50. The minimum absolute atomic E-state index is 0.442. The largest absolute Gasteiger partial charge is 0.305 e. The number of hydrogen-bond acceptors (Lipinski definition) is 4. The molecule has 1 aromatic rings. The fourth-order valence-electron chi connectivity index (χ4n) is 2.30. The molecule has 0 aliphatic carbocycles. The van der Waals surface area contributed by atoms with Crippen LogP contribution in [-0.4, -0.2) is 22.0 Å². The van der Waals surface area contributed by atoms with Gasteiger partial charge in [0.05, 0.1) is 10.7 Å². The Morgan fingerprint density at radius 3 is 2.69 bits per heavy atom. The summed E-state index contributed by atoms with van der Waals surface area (Å²) in [5.41, 5.74) is 1.20. The first kappa shape index (κ1) is 12.4. The van der Waals surface area contributed by atoms with Crippen LogP contribution in [0.1, 0.15) is 41.9 Å². The molecule has 90 valence electrons. The minimum Gasteiger partial charge on any atom is -0.305 e. The number of hydrogen-bond donors (Lipinski definition) is 1. The van der Waals surface area contributed by atoms with Crippen molar-refractivity contribution < 1.29 is 0 Å². The van der Waals surface area contributed by atoms with E-state index in [-0.39, 0.29) is 0 Å². The topological polar surface area (TPSA) is 24.9 Å². The van der Waals surface area contributed by atoms with Gasteiger partial charge in [0.25, 0.3) is 0 Å². The van der Waals surface area contributed by atoms with Crippen LogP contribution in [0.2, 0.25) is 0 Å². The Labute approximate surface area is 106 Å². The Morgan fingerprint density at radius 2 is 2.19 bits per heavy atom. The lowest BCUT2D eigenvalue weighted by Crippen LogP contribution is -2.35. The van der Waals surface area contributed by atoms with Gasteiger partial charge in [0.15, 0.2) is 0 Å². The molecule has 1 fully saturated rings. The lowest BCUT2D eigenvalue weighted by Gasteiger charge is -2.21. The second-order valence-corrected chi connectivity index (χ2v) is 7.26. The van der Waals surface area contributed by atoms with E-state index in [9.17, 15) is 0 Å². The molecule has 2 nitrogen and oxygen atoms in total. The van der Waals surface area contributed by atoms with Gasteiger partial charge in [0, 0.05) is 22.2 Å². The number of thioether (sulfide) groups is 1. The number of thiazole rings is 1. The first-order valence-corrected chi connectivity index (χ1v) is 7.76. The van der Waals surface area contributed by atoms with Crippen LogP contribution in [0.4, 0.5) is 0 Å². The van der Waals surface area contributed by atoms with Crippen LogP contribution >= 0.6 is 23.1 Å². The van der Waals surface area contributed by atoms with Gasteiger partial charge >= 0.3 is 0 Å². The zero-order valence-electron chi connectivity index (χ0n) is 10.4. The number of rotatable bonds is 3. The second-order valence-electron chi connectivity index (χ2n) is 4.54. The molecule has 2 heterocycles. The summed E-state index contributed by atoms with van der Waals surface area (Å²) in [7, 11) is 0. The van der Waals surface area contributed by atoms with Crippen molar-refractivity contribution in [2.75, 3.05) is 5.75 Å². The van der Waals surface area contributed by atoms with E-state index in [4.69, 9.17) is 0 Å². The van der Waals surface area contributed by atoms with Crippen LogP contribution in [0.3, 0.4) is 0 Å². The molecule has 2 rings (SSSR count).